The van der Waals surface area contributed by atoms with Crippen LogP contribution in [0.25, 0.3) is 0 Å². The van der Waals surface area contributed by atoms with E-state index in [1.165, 1.54) is 0 Å². The molecule has 0 fully saturated rings. The van der Waals surface area contributed by atoms with Gasteiger partial charge in [-0.2, -0.15) is 0 Å². The number of hydrogen-bond donors (Lipinski definition) is 2. The molecule has 0 heterocycles. The summed E-state index contributed by atoms with van der Waals surface area (Å²) in [6.45, 7) is 2.74. The zero-order valence-electron chi connectivity index (χ0n) is 10.7. The van der Waals surface area contributed by atoms with Crippen LogP contribution < -0.4 is 5.32 Å². The maximum Gasteiger partial charge on any atom is 0.234 e. The Hall–Kier alpha value is -1.10. The van der Waals surface area contributed by atoms with Crippen molar-refractivity contribution >= 4 is 17.5 Å². The maximum atomic E-state index is 11.7. The summed E-state index contributed by atoms with van der Waals surface area (Å²) < 4.78 is 0. The molecule has 0 aliphatic rings. The molecule has 0 aliphatic heterocycles. The molecule has 1 aromatic carbocycles. The molecule has 2 N–H and O–H groups in total. The second-order valence-corrected chi connectivity index (χ2v) is 4.74. The minimum absolute atomic E-state index is 0.0521. The molecule has 0 saturated carbocycles. The van der Waals surface area contributed by atoms with E-state index in [1.54, 1.807) is 24.1 Å². The van der Waals surface area contributed by atoms with Crippen molar-refractivity contribution in [1.82, 2.24) is 10.2 Å². The van der Waals surface area contributed by atoms with Gasteiger partial charge in [-0.15, -0.1) is 0 Å². The summed E-state index contributed by atoms with van der Waals surface area (Å²) in [7, 11) is 1.79. The van der Waals surface area contributed by atoms with Crippen LogP contribution in [0.15, 0.2) is 24.3 Å². The van der Waals surface area contributed by atoms with Gasteiger partial charge in [-0.05, 0) is 31.7 Å². The predicted molar refractivity (Wildman–Crippen MR) is 72.6 cm³/mol. The Labute approximate surface area is 113 Å². The number of hydrogen-bond acceptors (Lipinski definition) is 3. The molecule has 1 atom stereocenters. The van der Waals surface area contributed by atoms with Gasteiger partial charge in [0.15, 0.2) is 0 Å². The SMILES string of the molecule is CC(NC(=O)CN(C)CCO)c1ccc(Cl)cc1. The van der Waals surface area contributed by atoms with Crippen molar-refractivity contribution in [3.63, 3.8) is 0 Å². The third-order valence-electron chi connectivity index (χ3n) is 2.64. The van der Waals surface area contributed by atoms with Crippen LogP contribution in [-0.2, 0) is 4.79 Å². The normalized spacial score (nSPS) is 12.5. The molecule has 100 valence electrons. The average molecular weight is 271 g/mol. The standard InChI is InChI=1S/C13H19ClN2O2/c1-10(11-3-5-12(14)6-4-11)15-13(18)9-16(2)7-8-17/h3-6,10,17H,7-9H2,1-2H3,(H,15,18). The highest BCUT2D eigenvalue weighted by Gasteiger charge is 2.11. The highest BCUT2D eigenvalue weighted by atomic mass is 35.5. The predicted octanol–water partition coefficient (Wildman–Crippen LogP) is 1.44. The molecule has 1 rings (SSSR count). The van der Waals surface area contributed by atoms with Crippen molar-refractivity contribution in [2.75, 3.05) is 26.7 Å². The molecular formula is C13H19ClN2O2. The Morgan fingerprint density at radius 3 is 2.61 bits per heavy atom. The second kappa shape index (κ2) is 7.36. The van der Waals surface area contributed by atoms with Crippen LogP contribution in [0.4, 0.5) is 0 Å². The summed E-state index contributed by atoms with van der Waals surface area (Å²) in [6, 6.07) is 7.34. The Morgan fingerprint density at radius 1 is 1.44 bits per heavy atom. The molecule has 0 aliphatic carbocycles. The van der Waals surface area contributed by atoms with E-state index in [-0.39, 0.29) is 25.1 Å². The summed E-state index contributed by atoms with van der Waals surface area (Å²) in [5.41, 5.74) is 1.01. The van der Waals surface area contributed by atoms with E-state index in [0.29, 0.717) is 11.6 Å². The fraction of sp³-hybridized carbons (Fsp3) is 0.462. The van der Waals surface area contributed by atoms with Gasteiger partial charge in [-0.25, -0.2) is 0 Å². The third-order valence-corrected chi connectivity index (χ3v) is 2.89. The Bertz CT molecular complexity index is 381. The van der Waals surface area contributed by atoms with Gasteiger partial charge in [-0.3, -0.25) is 9.69 Å². The lowest BCUT2D eigenvalue weighted by molar-refractivity contribution is -0.122. The van der Waals surface area contributed by atoms with Crippen LogP contribution in [0.1, 0.15) is 18.5 Å². The van der Waals surface area contributed by atoms with Gasteiger partial charge >= 0.3 is 0 Å². The first-order valence-corrected chi connectivity index (χ1v) is 6.25. The second-order valence-electron chi connectivity index (χ2n) is 4.30. The molecule has 4 nitrogen and oxygen atoms in total. The molecule has 0 spiro atoms. The van der Waals surface area contributed by atoms with Crippen LogP contribution in [0.3, 0.4) is 0 Å². The lowest BCUT2D eigenvalue weighted by Crippen LogP contribution is -2.37. The first-order valence-electron chi connectivity index (χ1n) is 5.87. The summed E-state index contributed by atoms with van der Waals surface area (Å²) in [5, 5.41) is 12.3. The quantitative estimate of drug-likeness (QED) is 0.823. The van der Waals surface area contributed by atoms with E-state index < -0.39 is 0 Å². The number of aliphatic hydroxyl groups excluding tert-OH is 1. The highest BCUT2D eigenvalue weighted by Crippen LogP contribution is 2.15. The minimum atomic E-state index is -0.0617. The van der Waals surface area contributed by atoms with Gasteiger partial charge in [0.25, 0.3) is 0 Å². The number of nitrogens with zero attached hydrogens (tertiary/aromatic N) is 1. The van der Waals surface area contributed by atoms with Gasteiger partial charge in [0.1, 0.15) is 0 Å². The minimum Gasteiger partial charge on any atom is -0.395 e. The lowest BCUT2D eigenvalue weighted by atomic mass is 10.1. The maximum absolute atomic E-state index is 11.7. The Balaban J connectivity index is 2.46. The number of carbonyl (C=O) groups is 1. The molecule has 0 bridgehead atoms. The fourth-order valence-corrected chi connectivity index (χ4v) is 1.74. The van der Waals surface area contributed by atoms with Gasteiger partial charge in [0.2, 0.25) is 5.91 Å². The summed E-state index contributed by atoms with van der Waals surface area (Å²) in [5.74, 6) is -0.0617. The van der Waals surface area contributed by atoms with E-state index in [4.69, 9.17) is 16.7 Å². The molecular weight excluding hydrogens is 252 g/mol. The Morgan fingerprint density at radius 2 is 2.06 bits per heavy atom. The average Bonchev–Trinajstić information content (AvgIpc) is 2.29. The third kappa shape index (κ3) is 5.04. The van der Waals surface area contributed by atoms with Crippen LogP contribution in [0, 0.1) is 0 Å². The largest absolute Gasteiger partial charge is 0.395 e. The van der Waals surface area contributed by atoms with Crippen LogP contribution >= 0.6 is 11.6 Å². The van der Waals surface area contributed by atoms with Crippen LogP contribution in [0.2, 0.25) is 5.02 Å². The summed E-state index contributed by atoms with van der Waals surface area (Å²) in [6.07, 6.45) is 0. The van der Waals surface area contributed by atoms with E-state index in [2.05, 4.69) is 5.32 Å². The van der Waals surface area contributed by atoms with Crippen molar-refractivity contribution < 1.29 is 9.90 Å². The number of amides is 1. The monoisotopic (exact) mass is 270 g/mol. The number of benzene rings is 1. The molecule has 1 aromatic rings. The number of likely N-dealkylation sites (N-methyl/N-ethyl adjacent to an activating group) is 1. The summed E-state index contributed by atoms with van der Waals surface area (Å²) >= 11 is 5.81. The number of rotatable bonds is 6. The van der Waals surface area contributed by atoms with Crippen molar-refractivity contribution in [2.45, 2.75) is 13.0 Å². The summed E-state index contributed by atoms with van der Waals surface area (Å²) in [4.78, 5) is 13.5. The Kier molecular flexibility index (Phi) is 6.12. The molecule has 0 radical (unpaired) electrons. The van der Waals surface area contributed by atoms with Crippen molar-refractivity contribution in [3.05, 3.63) is 34.9 Å². The van der Waals surface area contributed by atoms with Crippen LogP contribution in [0.5, 0.6) is 0 Å². The van der Waals surface area contributed by atoms with Gasteiger partial charge in [0, 0.05) is 11.6 Å². The lowest BCUT2D eigenvalue weighted by Gasteiger charge is -2.18. The number of nitrogens with one attached hydrogen (secondary N) is 1. The molecule has 18 heavy (non-hydrogen) atoms. The zero-order chi connectivity index (χ0) is 13.5. The smallest absolute Gasteiger partial charge is 0.234 e. The fourth-order valence-electron chi connectivity index (χ4n) is 1.62. The number of aliphatic hydroxyl groups is 1. The van der Waals surface area contributed by atoms with Crippen molar-refractivity contribution in [3.8, 4) is 0 Å². The van der Waals surface area contributed by atoms with E-state index in [0.717, 1.165) is 5.56 Å². The van der Waals surface area contributed by atoms with E-state index >= 15 is 0 Å². The number of halogens is 1. The van der Waals surface area contributed by atoms with E-state index in [9.17, 15) is 4.79 Å². The topological polar surface area (TPSA) is 52.6 Å². The van der Waals surface area contributed by atoms with Crippen molar-refractivity contribution in [1.29, 1.82) is 0 Å². The highest BCUT2D eigenvalue weighted by molar-refractivity contribution is 6.30. The molecule has 5 heteroatoms. The van der Waals surface area contributed by atoms with E-state index in [1.807, 2.05) is 19.1 Å². The first-order chi connectivity index (χ1) is 8.52. The van der Waals surface area contributed by atoms with Gasteiger partial charge in [0.05, 0.1) is 19.2 Å². The molecule has 0 aromatic heterocycles. The zero-order valence-corrected chi connectivity index (χ0v) is 11.4. The van der Waals surface area contributed by atoms with Gasteiger partial charge < -0.3 is 10.4 Å². The molecule has 1 amide bonds. The molecule has 1 unspecified atom stereocenters. The number of carbonyl (C=O) groups excluding carboxylic acids is 1. The molecule has 0 saturated heterocycles. The van der Waals surface area contributed by atoms with Gasteiger partial charge in [-0.1, -0.05) is 23.7 Å². The van der Waals surface area contributed by atoms with Crippen LogP contribution in [-0.4, -0.2) is 42.7 Å². The first kappa shape index (κ1) is 15.0. The van der Waals surface area contributed by atoms with Crippen molar-refractivity contribution in [2.24, 2.45) is 0 Å².